The van der Waals surface area contributed by atoms with Gasteiger partial charge in [0.25, 0.3) is 5.56 Å². The molecule has 0 radical (unpaired) electrons. The fourth-order valence-corrected chi connectivity index (χ4v) is 6.24. The summed E-state index contributed by atoms with van der Waals surface area (Å²) in [5, 5.41) is 10.1. The Balaban J connectivity index is 1.60. The van der Waals surface area contributed by atoms with E-state index in [1.807, 2.05) is 47.9 Å². The second-order valence-electron chi connectivity index (χ2n) is 9.02. The fraction of sp³-hybridized carbons (Fsp3) is 0.200. The number of nitrogens with zero attached hydrogens (tertiary/aromatic N) is 2. The zero-order valence-corrected chi connectivity index (χ0v) is 21.4. The topological polar surface area (TPSA) is 73.0 Å². The Labute approximate surface area is 218 Å². The number of hydrogen-bond acceptors (Lipinski definition) is 6. The average molecular weight is 511 g/mol. The van der Waals surface area contributed by atoms with Crippen LogP contribution in [0.1, 0.15) is 41.6 Å². The van der Waals surface area contributed by atoms with Gasteiger partial charge in [-0.05, 0) is 60.7 Å². The Kier molecular flexibility index (Phi) is 5.93. The summed E-state index contributed by atoms with van der Waals surface area (Å²) in [7, 11) is 1.66. The number of ether oxygens (including phenoxy) is 2. The summed E-state index contributed by atoms with van der Waals surface area (Å²) in [4.78, 5) is 19.7. The van der Waals surface area contributed by atoms with Crippen LogP contribution in [0, 0.1) is 0 Å². The maximum atomic E-state index is 13.9. The molecule has 0 spiro atoms. The number of phenols is 1. The normalized spacial score (nSPS) is 16.5. The number of allylic oxidation sites excluding steroid dienone is 1. The molecule has 2 heterocycles. The van der Waals surface area contributed by atoms with Crippen LogP contribution in [0.25, 0.3) is 11.8 Å². The van der Waals surface area contributed by atoms with E-state index in [4.69, 9.17) is 14.5 Å². The van der Waals surface area contributed by atoms with Crippen LogP contribution in [0.2, 0.25) is 0 Å². The van der Waals surface area contributed by atoms with E-state index >= 15 is 0 Å². The van der Waals surface area contributed by atoms with Gasteiger partial charge in [-0.25, -0.2) is 4.99 Å². The van der Waals surface area contributed by atoms with Gasteiger partial charge in [-0.1, -0.05) is 59.9 Å². The first-order chi connectivity index (χ1) is 18.1. The number of aromatic hydroxyl groups is 1. The Hall–Kier alpha value is -4.10. The summed E-state index contributed by atoms with van der Waals surface area (Å²) in [5.74, 6) is 1.21. The number of benzene rings is 3. The quantitative estimate of drug-likeness (QED) is 0.431. The van der Waals surface area contributed by atoms with Gasteiger partial charge in [0, 0.05) is 11.1 Å². The molecule has 0 amide bonds. The number of fused-ring (bicyclic) bond motifs is 3. The van der Waals surface area contributed by atoms with E-state index < -0.39 is 0 Å². The lowest BCUT2D eigenvalue weighted by Crippen LogP contribution is -2.39. The van der Waals surface area contributed by atoms with Gasteiger partial charge in [-0.2, -0.15) is 0 Å². The van der Waals surface area contributed by atoms with E-state index in [0.29, 0.717) is 21.7 Å². The predicted molar refractivity (Wildman–Crippen MR) is 145 cm³/mol. The molecule has 6 nitrogen and oxygen atoms in total. The van der Waals surface area contributed by atoms with Gasteiger partial charge >= 0.3 is 0 Å². The smallest absolute Gasteiger partial charge is 0.271 e. The van der Waals surface area contributed by atoms with Crippen molar-refractivity contribution in [2.45, 2.75) is 25.8 Å². The number of aromatic nitrogens is 1. The highest BCUT2D eigenvalue weighted by molar-refractivity contribution is 7.07. The third-order valence-corrected chi connectivity index (χ3v) is 7.87. The van der Waals surface area contributed by atoms with E-state index in [-0.39, 0.29) is 17.4 Å². The van der Waals surface area contributed by atoms with Crippen LogP contribution >= 0.6 is 11.3 Å². The van der Waals surface area contributed by atoms with Crippen molar-refractivity contribution >= 4 is 23.1 Å². The van der Waals surface area contributed by atoms with E-state index in [1.165, 1.54) is 16.9 Å². The SMILES string of the molecule is CCOc1cc(/C=c2\sc3n(c2=O)[C@H](c2ccccc2OC)C2=C(N=3)c3ccccc3CC2)ccc1O. The highest BCUT2D eigenvalue weighted by atomic mass is 32.1. The molecule has 1 aromatic heterocycles. The Morgan fingerprint density at radius 3 is 2.73 bits per heavy atom. The largest absolute Gasteiger partial charge is 0.504 e. The second-order valence-corrected chi connectivity index (χ2v) is 10.0. The minimum absolute atomic E-state index is 0.0722. The van der Waals surface area contributed by atoms with Gasteiger partial charge in [0.1, 0.15) is 5.75 Å². The lowest BCUT2D eigenvalue weighted by atomic mass is 9.83. The average Bonchev–Trinajstić information content (AvgIpc) is 3.23. The minimum atomic E-state index is -0.309. The molecule has 1 aliphatic heterocycles. The van der Waals surface area contributed by atoms with Crippen molar-refractivity contribution in [2.75, 3.05) is 13.7 Å². The van der Waals surface area contributed by atoms with Crippen molar-refractivity contribution < 1.29 is 14.6 Å². The van der Waals surface area contributed by atoms with E-state index in [2.05, 4.69) is 18.2 Å². The molecular formula is C30H26N2O4S. The zero-order valence-electron chi connectivity index (χ0n) is 20.6. The molecule has 0 bridgehead atoms. The molecule has 0 unspecified atom stereocenters. The van der Waals surface area contributed by atoms with Gasteiger partial charge in [0.05, 0.1) is 30.0 Å². The van der Waals surface area contributed by atoms with Crippen LogP contribution < -0.4 is 24.4 Å². The molecular weight excluding hydrogens is 484 g/mol. The summed E-state index contributed by atoms with van der Waals surface area (Å²) in [6, 6.07) is 21.1. The third kappa shape index (κ3) is 3.96. The third-order valence-electron chi connectivity index (χ3n) is 6.89. The number of para-hydroxylation sites is 1. The van der Waals surface area contributed by atoms with Gasteiger partial charge in [0.15, 0.2) is 16.3 Å². The van der Waals surface area contributed by atoms with Gasteiger partial charge in [0.2, 0.25) is 0 Å². The van der Waals surface area contributed by atoms with E-state index in [9.17, 15) is 9.90 Å². The molecule has 0 fully saturated rings. The molecule has 1 N–H and O–H groups in total. The molecule has 4 aromatic rings. The molecule has 0 saturated carbocycles. The summed E-state index contributed by atoms with van der Waals surface area (Å²) in [6.45, 7) is 2.30. The minimum Gasteiger partial charge on any atom is -0.504 e. The maximum absolute atomic E-state index is 13.9. The van der Waals surface area contributed by atoms with Crippen LogP contribution in [0.5, 0.6) is 17.2 Å². The van der Waals surface area contributed by atoms with Crippen LogP contribution in [-0.2, 0) is 6.42 Å². The van der Waals surface area contributed by atoms with Crippen molar-refractivity contribution in [2.24, 2.45) is 4.99 Å². The van der Waals surface area contributed by atoms with Crippen molar-refractivity contribution in [1.82, 2.24) is 4.57 Å². The van der Waals surface area contributed by atoms with Crippen LogP contribution in [-0.4, -0.2) is 23.4 Å². The summed E-state index contributed by atoms with van der Waals surface area (Å²) < 4.78 is 13.7. The molecule has 2 aliphatic rings. The molecule has 0 saturated heterocycles. The lowest BCUT2D eigenvalue weighted by Gasteiger charge is -2.31. The number of phenolic OH excluding ortho intramolecular Hbond substituents is 1. The number of aryl methyl sites for hydroxylation is 1. The molecule has 1 atom stereocenters. The Morgan fingerprint density at radius 1 is 1.08 bits per heavy atom. The van der Waals surface area contributed by atoms with Gasteiger partial charge < -0.3 is 14.6 Å². The van der Waals surface area contributed by atoms with E-state index in [1.54, 1.807) is 25.3 Å². The maximum Gasteiger partial charge on any atom is 0.271 e. The van der Waals surface area contributed by atoms with Crippen molar-refractivity contribution in [3.63, 3.8) is 0 Å². The van der Waals surface area contributed by atoms with Crippen molar-refractivity contribution in [1.29, 1.82) is 0 Å². The highest BCUT2D eigenvalue weighted by Crippen LogP contribution is 2.43. The predicted octanol–water partition coefficient (Wildman–Crippen LogP) is 4.43. The standard InChI is InChI=1S/C30H26N2O4S/c1-3-36-25-16-18(12-15-23(25)33)17-26-29(34)32-28(21-10-6-7-11-24(21)35-2)22-14-13-19-8-4-5-9-20(19)27(22)31-30(32)37-26/h4-12,15-17,28,33H,3,13-14H2,1-2H3/b26-17-/t28-/m1/s1. The highest BCUT2D eigenvalue weighted by Gasteiger charge is 2.33. The lowest BCUT2D eigenvalue weighted by molar-refractivity contribution is 0.318. The molecule has 7 heteroatoms. The molecule has 1 aliphatic carbocycles. The van der Waals surface area contributed by atoms with Crippen LogP contribution in [0.15, 0.2) is 82.1 Å². The first kappa shape index (κ1) is 23.3. The second kappa shape index (κ2) is 9.41. The first-order valence-corrected chi connectivity index (χ1v) is 13.1. The monoisotopic (exact) mass is 510 g/mol. The Morgan fingerprint density at radius 2 is 1.89 bits per heavy atom. The first-order valence-electron chi connectivity index (χ1n) is 12.3. The number of rotatable bonds is 5. The van der Waals surface area contributed by atoms with Gasteiger partial charge in [-0.15, -0.1) is 0 Å². The molecule has 37 heavy (non-hydrogen) atoms. The van der Waals surface area contributed by atoms with E-state index in [0.717, 1.165) is 46.6 Å². The number of methoxy groups -OCH3 is 1. The number of thiazole rings is 1. The zero-order chi connectivity index (χ0) is 25.5. The van der Waals surface area contributed by atoms with Gasteiger partial charge in [-0.3, -0.25) is 9.36 Å². The molecule has 6 rings (SSSR count). The number of hydrogen-bond donors (Lipinski definition) is 1. The summed E-state index contributed by atoms with van der Waals surface area (Å²) in [6.07, 6.45) is 3.55. The van der Waals surface area contributed by atoms with Crippen molar-refractivity contribution in [3.05, 3.63) is 114 Å². The Bertz CT molecular complexity index is 1730. The summed E-state index contributed by atoms with van der Waals surface area (Å²) >= 11 is 1.37. The van der Waals surface area contributed by atoms with Crippen LogP contribution in [0.4, 0.5) is 0 Å². The van der Waals surface area contributed by atoms with Crippen molar-refractivity contribution in [3.8, 4) is 17.2 Å². The van der Waals surface area contributed by atoms with Crippen LogP contribution in [0.3, 0.4) is 0 Å². The molecule has 3 aromatic carbocycles. The molecule has 186 valence electrons. The fourth-order valence-electron chi connectivity index (χ4n) is 5.23. The summed E-state index contributed by atoms with van der Waals surface area (Å²) in [5.41, 5.74) is 6.10.